The topological polar surface area (TPSA) is 42.9 Å². The van der Waals surface area contributed by atoms with Gasteiger partial charge in [0.05, 0.1) is 12.1 Å². The number of benzene rings is 2. The van der Waals surface area contributed by atoms with Gasteiger partial charge in [-0.15, -0.1) is 0 Å². The first-order valence-electron chi connectivity index (χ1n) is 9.87. The van der Waals surface area contributed by atoms with Crippen LogP contribution in [-0.2, 0) is 5.75 Å². The van der Waals surface area contributed by atoms with Crippen LogP contribution < -0.4 is 10.9 Å². The maximum absolute atomic E-state index is 13.4. The number of hydrogen-bond acceptors (Lipinski definition) is 6. The molecule has 1 fully saturated rings. The Morgan fingerprint density at radius 2 is 2.03 bits per heavy atom. The maximum Gasteiger partial charge on any atom is 0.189 e. The average molecular weight is 410 g/mol. The number of nitrogens with zero attached hydrogens (tertiary/aromatic N) is 3. The van der Waals surface area contributed by atoms with Crippen molar-refractivity contribution in [3.8, 4) is 0 Å². The molecule has 2 aromatic carbocycles. The number of halogens is 1. The van der Waals surface area contributed by atoms with E-state index in [0.29, 0.717) is 5.75 Å². The SMILES string of the molecule is Cc1ccc(C2CC3C4NN=C(SCc5cccc(F)c5)N4C=CN3N2)cc1C. The molecule has 5 rings (SSSR count). The van der Waals surface area contributed by atoms with Gasteiger partial charge in [0.2, 0.25) is 0 Å². The van der Waals surface area contributed by atoms with Gasteiger partial charge < -0.3 is 9.91 Å². The molecule has 0 bridgehead atoms. The fraction of sp³-hybridized carbons (Fsp3) is 0.318. The highest BCUT2D eigenvalue weighted by molar-refractivity contribution is 8.13. The molecule has 7 heteroatoms. The highest BCUT2D eigenvalue weighted by atomic mass is 32.2. The summed E-state index contributed by atoms with van der Waals surface area (Å²) in [6, 6.07) is 14.0. The molecule has 2 N–H and O–H groups in total. The van der Waals surface area contributed by atoms with Crippen LogP contribution in [0.25, 0.3) is 0 Å². The van der Waals surface area contributed by atoms with Crippen molar-refractivity contribution in [3.63, 3.8) is 0 Å². The minimum atomic E-state index is -0.199. The number of hydrazine groups is 1. The lowest BCUT2D eigenvalue weighted by Crippen LogP contribution is -2.54. The van der Waals surface area contributed by atoms with E-state index in [1.165, 1.54) is 22.8 Å². The number of rotatable bonds is 3. The third kappa shape index (κ3) is 3.49. The van der Waals surface area contributed by atoms with Gasteiger partial charge in [-0.05, 0) is 54.7 Å². The molecule has 0 saturated carbocycles. The Balaban J connectivity index is 1.26. The van der Waals surface area contributed by atoms with Crippen molar-refractivity contribution in [1.82, 2.24) is 20.8 Å². The van der Waals surface area contributed by atoms with Gasteiger partial charge in [0.1, 0.15) is 12.0 Å². The number of hydrogen-bond donors (Lipinski definition) is 2. The number of hydrazone groups is 1. The molecule has 0 aromatic heterocycles. The molecular weight excluding hydrogens is 385 g/mol. The first-order valence-corrected chi connectivity index (χ1v) is 10.9. The summed E-state index contributed by atoms with van der Waals surface area (Å²) in [6.07, 6.45) is 5.25. The summed E-state index contributed by atoms with van der Waals surface area (Å²) < 4.78 is 13.4. The van der Waals surface area contributed by atoms with Crippen molar-refractivity contribution >= 4 is 16.9 Å². The second kappa shape index (κ2) is 7.39. The Morgan fingerprint density at radius 1 is 1.14 bits per heavy atom. The molecule has 3 unspecified atom stereocenters. The van der Waals surface area contributed by atoms with Crippen LogP contribution in [0.1, 0.15) is 34.7 Å². The number of amidine groups is 1. The second-order valence-electron chi connectivity index (χ2n) is 7.83. The van der Waals surface area contributed by atoms with Crippen LogP contribution in [0.2, 0.25) is 0 Å². The van der Waals surface area contributed by atoms with Gasteiger partial charge in [0.25, 0.3) is 0 Å². The number of nitrogens with one attached hydrogen (secondary N) is 2. The van der Waals surface area contributed by atoms with Gasteiger partial charge in [-0.3, -0.25) is 5.43 Å². The van der Waals surface area contributed by atoms with E-state index >= 15 is 0 Å². The average Bonchev–Trinajstić information content (AvgIpc) is 3.32. The molecule has 5 nitrogen and oxygen atoms in total. The van der Waals surface area contributed by atoms with Crippen molar-refractivity contribution in [1.29, 1.82) is 0 Å². The summed E-state index contributed by atoms with van der Waals surface area (Å²) in [5, 5.41) is 7.68. The highest BCUT2D eigenvalue weighted by Crippen LogP contribution is 2.35. The van der Waals surface area contributed by atoms with E-state index in [1.54, 1.807) is 23.9 Å². The molecule has 3 atom stereocenters. The second-order valence-corrected chi connectivity index (χ2v) is 8.77. The molecule has 3 heterocycles. The van der Waals surface area contributed by atoms with Gasteiger partial charge in [0, 0.05) is 18.2 Å². The van der Waals surface area contributed by atoms with Gasteiger partial charge in [0.15, 0.2) is 5.17 Å². The first-order chi connectivity index (χ1) is 14.1. The Labute approximate surface area is 174 Å². The van der Waals surface area contributed by atoms with Crippen molar-refractivity contribution in [2.45, 2.75) is 44.3 Å². The summed E-state index contributed by atoms with van der Waals surface area (Å²) in [4.78, 5) is 2.19. The Bertz CT molecular complexity index is 991. The van der Waals surface area contributed by atoms with Crippen LogP contribution in [0.3, 0.4) is 0 Å². The summed E-state index contributed by atoms with van der Waals surface area (Å²) in [6.45, 7) is 4.31. The number of thioether (sulfide) groups is 1. The molecule has 150 valence electrons. The van der Waals surface area contributed by atoms with Gasteiger partial charge in [-0.25, -0.2) is 9.82 Å². The molecule has 3 aliphatic heterocycles. The molecule has 1 saturated heterocycles. The number of fused-ring (bicyclic) bond motifs is 3. The number of aryl methyl sites for hydroxylation is 2. The summed E-state index contributed by atoms with van der Waals surface area (Å²) in [5.74, 6) is 0.489. The zero-order valence-corrected chi connectivity index (χ0v) is 17.3. The third-order valence-corrected chi connectivity index (χ3v) is 6.93. The van der Waals surface area contributed by atoms with Crippen LogP contribution in [0.4, 0.5) is 4.39 Å². The summed E-state index contributed by atoms with van der Waals surface area (Å²) in [5.41, 5.74) is 11.9. The van der Waals surface area contributed by atoms with Gasteiger partial charge in [-0.1, -0.05) is 42.1 Å². The van der Waals surface area contributed by atoms with E-state index in [9.17, 15) is 4.39 Å². The van der Waals surface area contributed by atoms with Crippen molar-refractivity contribution in [2.24, 2.45) is 5.10 Å². The maximum atomic E-state index is 13.4. The lowest BCUT2D eigenvalue weighted by molar-refractivity contribution is 0.152. The minimum absolute atomic E-state index is 0.0963. The fourth-order valence-electron chi connectivity index (χ4n) is 4.12. The van der Waals surface area contributed by atoms with Crippen molar-refractivity contribution < 1.29 is 4.39 Å². The zero-order chi connectivity index (χ0) is 20.0. The predicted molar refractivity (Wildman–Crippen MR) is 115 cm³/mol. The van der Waals surface area contributed by atoms with Gasteiger partial charge in [-0.2, -0.15) is 5.10 Å². The van der Waals surface area contributed by atoms with Crippen LogP contribution in [-0.4, -0.2) is 27.3 Å². The quantitative estimate of drug-likeness (QED) is 0.803. The van der Waals surface area contributed by atoms with E-state index in [4.69, 9.17) is 0 Å². The van der Waals surface area contributed by atoms with Crippen molar-refractivity contribution in [3.05, 3.63) is 82.9 Å². The smallest absolute Gasteiger partial charge is 0.189 e. The molecule has 0 aliphatic carbocycles. The lowest BCUT2D eigenvalue weighted by atomic mass is 9.97. The molecule has 29 heavy (non-hydrogen) atoms. The zero-order valence-electron chi connectivity index (χ0n) is 16.5. The van der Waals surface area contributed by atoms with E-state index < -0.39 is 0 Å². The lowest BCUT2D eigenvalue weighted by Gasteiger charge is -2.36. The molecule has 0 amide bonds. The van der Waals surface area contributed by atoms with E-state index in [2.05, 4.69) is 70.3 Å². The van der Waals surface area contributed by atoms with Crippen molar-refractivity contribution in [2.75, 3.05) is 0 Å². The largest absolute Gasteiger partial charge is 0.306 e. The standard InChI is InChI=1S/C22H24FN5S/c1-14-6-7-17(10-15(14)2)19-12-20-21-24-25-22(27(21)8-9-28(20)26-19)29-13-16-4-3-5-18(23)11-16/h3-11,19-21,24,26H,12-13H2,1-2H3. The highest BCUT2D eigenvalue weighted by Gasteiger charge is 2.44. The van der Waals surface area contributed by atoms with E-state index in [-0.39, 0.29) is 24.1 Å². The predicted octanol–water partition coefficient (Wildman–Crippen LogP) is 3.98. The van der Waals surface area contributed by atoms with E-state index in [0.717, 1.165) is 17.2 Å². The Kier molecular flexibility index (Phi) is 4.72. The molecule has 2 aromatic rings. The summed E-state index contributed by atoms with van der Waals surface area (Å²) in [7, 11) is 0. The molecule has 0 spiro atoms. The normalized spacial score (nSPS) is 24.9. The molecule has 0 radical (unpaired) electrons. The monoisotopic (exact) mass is 409 g/mol. The molecular formula is C22H24FN5S. The van der Waals surface area contributed by atoms with Crippen LogP contribution >= 0.6 is 11.8 Å². The van der Waals surface area contributed by atoms with Crippen LogP contribution in [0, 0.1) is 19.7 Å². The van der Waals surface area contributed by atoms with Gasteiger partial charge >= 0.3 is 0 Å². The third-order valence-electron chi connectivity index (χ3n) is 5.90. The minimum Gasteiger partial charge on any atom is -0.306 e. The fourth-order valence-corrected chi connectivity index (χ4v) is 5.04. The first kappa shape index (κ1) is 18.5. The summed E-state index contributed by atoms with van der Waals surface area (Å²) >= 11 is 1.62. The molecule has 3 aliphatic rings. The van der Waals surface area contributed by atoms with E-state index in [1.807, 2.05) is 6.07 Å². The van der Waals surface area contributed by atoms with Crippen LogP contribution in [0.15, 0.2) is 60.0 Å². The van der Waals surface area contributed by atoms with Crippen LogP contribution in [0.5, 0.6) is 0 Å². The Hall–Kier alpha value is -2.51. The Morgan fingerprint density at radius 3 is 2.86 bits per heavy atom.